The smallest absolute Gasteiger partial charge is 0.237 e. The van der Waals surface area contributed by atoms with Crippen molar-refractivity contribution in [3.8, 4) is 16.9 Å². The number of sulfonamides is 1. The largest absolute Gasteiger partial charge is 0.491 e. The molecule has 1 unspecified atom stereocenters. The lowest BCUT2D eigenvalue weighted by Crippen LogP contribution is -2.21. The summed E-state index contributed by atoms with van der Waals surface area (Å²) in [7, 11) is -4.09. The minimum atomic E-state index is -4.09. The van der Waals surface area contributed by atoms with Crippen molar-refractivity contribution in [3.63, 3.8) is 0 Å². The number of fused-ring (bicyclic) bond motifs is 1. The number of aromatic nitrogens is 2. The van der Waals surface area contributed by atoms with Gasteiger partial charge in [0.2, 0.25) is 15.8 Å². The van der Waals surface area contributed by atoms with Crippen LogP contribution in [0.5, 0.6) is 5.75 Å². The number of nitrogens with one attached hydrogen (secondary N) is 2. The molecule has 9 nitrogen and oxygen atoms in total. The topological polar surface area (TPSA) is 142 Å². The SMILES string of the molecule is O=C(c1c(F)ccc(NS(=O)(=O)Cc2ccccc2)c1F)c1c[nH]c2ncc(-c3ccc(OCC(O)CO)cc3Cl)cc12. The number of ether oxygens (including phenoxy) is 1. The second-order valence-corrected chi connectivity index (χ2v) is 11.7. The summed E-state index contributed by atoms with van der Waals surface area (Å²) < 4.78 is 63.3. The minimum Gasteiger partial charge on any atom is -0.491 e. The summed E-state index contributed by atoms with van der Waals surface area (Å²) in [6, 6.07) is 16.3. The lowest BCUT2D eigenvalue weighted by atomic mass is 9.99. The summed E-state index contributed by atoms with van der Waals surface area (Å²) in [5.41, 5.74) is 0.117. The van der Waals surface area contributed by atoms with Crippen molar-refractivity contribution >= 4 is 44.1 Å². The Kier molecular flexibility index (Phi) is 8.74. The number of ketones is 1. The molecular weight excluding hydrogens is 604 g/mol. The third kappa shape index (κ3) is 6.67. The van der Waals surface area contributed by atoms with Crippen molar-refractivity contribution in [3.05, 3.63) is 112 Å². The maximum absolute atomic E-state index is 15.5. The Balaban J connectivity index is 1.45. The van der Waals surface area contributed by atoms with Crippen molar-refractivity contribution in [2.75, 3.05) is 17.9 Å². The number of aliphatic hydroxyl groups is 2. The molecule has 0 saturated carbocycles. The van der Waals surface area contributed by atoms with Gasteiger partial charge in [0.05, 0.1) is 28.6 Å². The zero-order chi connectivity index (χ0) is 30.7. The van der Waals surface area contributed by atoms with Crippen LogP contribution in [0.3, 0.4) is 0 Å². The van der Waals surface area contributed by atoms with Crippen LogP contribution >= 0.6 is 11.6 Å². The molecule has 3 aromatic carbocycles. The molecular formula is C30H24ClF2N3O6S. The fourth-order valence-corrected chi connectivity index (χ4v) is 5.85. The van der Waals surface area contributed by atoms with Gasteiger partial charge in [-0.3, -0.25) is 9.52 Å². The van der Waals surface area contributed by atoms with Gasteiger partial charge in [-0.05, 0) is 42.0 Å². The van der Waals surface area contributed by atoms with Crippen LogP contribution in [-0.4, -0.2) is 53.7 Å². The summed E-state index contributed by atoms with van der Waals surface area (Å²) in [6.07, 6.45) is 1.70. The van der Waals surface area contributed by atoms with Crippen molar-refractivity contribution in [1.82, 2.24) is 9.97 Å². The molecule has 43 heavy (non-hydrogen) atoms. The van der Waals surface area contributed by atoms with Crippen molar-refractivity contribution in [1.29, 1.82) is 0 Å². The predicted octanol–water partition coefficient (Wildman–Crippen LogP) is 5.07. The van der Waals surface area contributed by atoms with E-state index < -0.39 is 57.2 Å². The lowest BCUT2D eigenvalue weighted by molar-refractivity contribution is 0.0536. The summed E-state index contributed by atoms with van der Waals surface area (Å²) in [6.45, 7) is -0.603. The molecule has 0 spiro atoms. The van der Waals surface area contributed by atoms with E-state index in [0.29, 0.717) is 22.4 Å². The van der Waals surface area contributed by atoms with Crippen LogP contribution in [0.4, 0.5) is 14.5 Å². The number of pyridine rings is 1. The fourth-order valence-electron chi connectivity index (χ4n) is 4.37. The highest BCUT2D eigenvalue weighted by Gasteiger charge is 2.26. The molecule has 4 N–H and O–H groups in total. The van der Waals surface area contributed by atoms with Gasteiger partial charge in [0.15, 0.2) is 5.82 Å². The summed E-state index contributed by atoms with van der Waals surface area (Å²) in [5.74, 6) is -3.66. The molecule has 222 valence electrons. The summed E-state index contributed by atoms with van der Waals surface area (Å²) in [4.78, 5) is 20.6. The lowest BCUT2D eigenvalue weighted by Gasteiger charge is -2.12. The van der Waals surface area contributed by atoms with E-state index in [2.05, 4.69) is 14.7 Å². The maximum Gasteiger partial charge on any atom is 0.237 e. The average molecular weight is 628 g/mol. The number of carbonyl (C=O) groups excluding carboxylic acids is 1. The molecule has 0 amide bonds. The maximum atomic E-state index is 15.5. The number of H-pyrrole nitrogens is 1. The number of rotatable bonds is 11. The fraction of sp³-hybridized carbons (Fsp3) is 0.133. The first kappa shape index (κ1) is 30.1. The molecule has 0 fully saturated rings. The summed E-state index contributed by atoms with van der Waals surface area (Å²) in [5, 5.41) is 18.9. The molecule has 0 bridgehead atoms. The number of hydrogen-bond acceptors (Lipinski definition) is 7. The minimum absolute atomic E-state index is 0.0968. The Morgan fingerprint density at radius 2 is 1.86 bits per heavy atom. The highest BCUT2D eigenvalue weighted by Crippen LogP contribution is 2.34. The van der Waals surface area contributed by atoms with Crippen LogP contribution in [0, 0.1) is 11.6 Å². The number of hydrogen-bond donors (Lipinski definition) is 4. The monoisotopic (exact) mass is 627 g/mol. The van der Waals surface area contributed by atoms with E-state index in [9.17, 15) is 22.7 Å². The Labute approximate surface area is 249 Å². The molecule has 13 heteroatoms. The van der Waals surface area contributed by atoms with Gasteiger partial charge in [-0.2, -0.15) is 0 Å². The van der Waals surface area contributed by atoms with Gasteiger partial charge in [-0.15, -0.1) is 0 Å². The third-order valence-electron chi connectivity index (χ3n) is 6.46. The van der Waals surface area contributed by atoms with E-state index >= 15 is 4.39 Å². The highest BCUT2D eigenvalue weighted by molar-refractivity contribution is 7.91. The van der Waals surface area contributed by atoms with Crippen molar-refractivity contribution in [2.45, 2.75) is 11.9 Å². The predicted molar refractivity (Wildman–Crippen MR) is 158 cm³/mol. The number of carbonyl (C=O) groups is 1. The van der Waals surface area contributed by atoms with E-state index in [4.69, 9.17) is 21.4 Å². The van der Waals surface area contributed by atoms with Crippen LogP contribution in [-0.2, 0) is 15.8 Å². The van der Waals surface area contributed by atoms with Crippen LogP contribution < -0.4 is 9.46 Å². The van der Waals surface area contributed by atoms with E-state index in [1.165, 1.54) is 18.5 Å². The van der Waals surface area contributed by atoms with Gasteiger partial charge in [-0.1, -0.05) is 41.9 Å². The molecule has 5 aromatic rings. The second kappa shape index (κ2) is 12.5. The first-order chi connectivity index (χ1) is 20.6. The quantitative estimate of drug-likeness (QED) is 0.150. The van der Waals surface area contributed by atoms with Gasteiger partial charge < -0.3 is 19.9 Å². The van der Waals surface area contributed by atoms with Crippen molar-refractivity contribution in [2.24, 2.45) is 0 Å². The van der Waals surface area contributed by atoms with Gasteiger partial charge in [0.25, 0.3) is 0 Å². The molecule has 0 aliphatic heterocycles. The average Bonchev–Trinajstić information content (AvgIpc) is 3.41. The zero-order valence-electron chi connectivity index (χ0n) is 22.2. The molecule has 0 radical (unpaired) electrons. The molecule has 0 aliphatic carbocycles. The molecule has 0 aliphatic rings. The Hall–Kier alpha value is -4.36. The Bertz CT molecular complexity index is 1920. The first-order valence-corrected chi connectivity index (χ1v) is 14.8. The van der Waals surface area contributed by atoms with E-state index in [1.54, 1.807) is 48.5 Å². The number of benzene rings is 3. The third-order valence-corrected chi connectivity index (χ3v) is 8.02. The molecule has 1 atom stereocenters. The van der Waals surface area contributed by atoms with Crippen molar-refractivity contribution < 1.29 is 36.9 Å². The zero-order valence-corrected chi connectivity index (χ0v) is 23.8. The van der Waals surface area contributed by atoms with E-state index in [0.717, 1.165) is 12.1 Å². The van der Waals surface area contributed by atoms with E-state index in [-0.39, 0.29) is 28.2 Å². The molecule has 5 rings (SSSR count). The van der Waals surface area contributed by atoms with Crippen LogP contribution in [0.2, 0.25) is 5.02 Å². The highest BCUT2D eigenvalue weighted by atomic mass is 35.5. The summed E-state index contributed by atoms with van der Waals surface area (Å²) >= 11 is 6.45. The number of halogens is 3. The van der Waals surface area contributed by atoms with Gasteiger partial charge in [0.1, 0.15) is 29.9 Å². The van der Waals surface area contributed by atoms with E-state index in [1.807, 2.05) is 0 Å². The number of anilines is 1. The van der Waals surface area contributed by atoms with Gasteiger partial charge in [-0.25, -0.2) is 22.2 Å². The van der Waals surface area contributed by atoms with Gasteiger partial charge in [0, 0.05) is 34.5 Å². The standard InChI is InChI=1S/C30H24ClF2N3O6S/c31-24-11-20(42-15-19(38)14-37)6-7-21(24)18-10-22-23(13-35-30(22)34-12-18)29(39)27-25(32)8-9-26(28(27)33)36-43(40,41)16-17-4-2-1-3-5-17/h1-13,19,36-38H,14-16H2,(H,34,35). The molecule has 2 aromatic heterocycles. The first-order valence-electron chi connectivity index (χ1n) is 12.8. The Morgan fingerprint density at radius 3 is 2.58 bits per heavy atom. The number of aromatic amines is 1. The van der Waals surface area contributed by atoms with Crippen LogP contribution in [0.25, 0.3) is 22.2 Å². The normalized spacial score (nSPS) is 12.3. The Morgan fingerprint density at radius 1 is 1.09 bits per heavy atom. The molecule has 2 heterocycles. The van der Waals surface area contributed by atoms with Crippen LogP contribution in [0.1, 0.15) is 21.5 Å². The van der Waals surface area contributed by atoms with Gasteiger partial charge >= 0.3 is 0 Å². The second-order valence-electron chi connectivity index (χ2n) is 9.57. The van der Waals surface area contributed by atoms with Crippen LogP contribution in [0.15, 0.2) is 79.1 Å². The number of nitrogens with zero attached hydrogens (tertiary/aromatic N) is 1. The number of aliphatic hydroxyl groups excluding tert-OH is 2. The molecule has 0 saturated heterocycles.